The summed E-state index contributed by atoms with van der Waals surface area (Å²) in [5, 5.41) is 46.9. The zero-order valence-electron chi connectivity index (χ0n) is 49.9. The molecule has 4 fully saturated rings. The fourth-order valence-corrected chi connectivity index (χ4v) is 11.6. The van der Waals surface area contributed by atoms with E-state index in [0.29, 0.717) is 50.4 Å². The lowest BCUT2D eigenvalue weighted by molar-refractivity contribution is -0.153. The number of nitrogens with zero attached hydrogens (tertiary/aromatic N) is 6. The van der Waals surface area contributed by atoms with Crippen LogP contribution >= 0.6 is 0 Å². The van der Waals surface area contributed by atoms with Crippen molar-refractivity contribution in [2.45, 2.75) is 164 Å². The molecule has 10 atom stereocenters. The number of aliphatic carboxylic acids is 1. The number of nitrogens with one attached hydrogen (secondary N) is 10. The van der Waals surface area contributed by atoms with Crippen LogP contribution in [0.4, 0.5) is 0 Å². The summed E-state index contributed by atoms with van der Waals surface area (Å²) >= 11 is 0. The summed E-state index contributed by atoms with van der Waals surface area (Å²) in [5.74, 6) is -8.66. The van der Waals surface area contributed by atoms with Crippen molar-refractivity contribution < 1.29 is 63.0 Å². The minimum Gasteiger partial charge on any atom is -0.480 e. The number of nitrogens with two attached hydrogens (primary N) is 5. The molecule has 0 aromatic carbocycles. The third-order valence-corrected chi connectivity index (χ3v) is 16.1. The first kappa shape index (κ1) is 68.4. The number of carbonyl (C=O) groups is 11. The average Bonchev–Trinajstić information content (AvgIpc) is 1.89. The van der Waals surface area contributed by atoms with E-state index in [2.05, 4.69) is 63.2 Å². The Morgan fingerprint density at radius 2 is 1.00 bits per heavy atom. The van der Waals surface area contributed by atoms with Gasteiger partial charge in [0, 0.05) is 75.9 Å². The van der Waals surface area contributed by atoms with Gasteiger partial charge in [-0.05, 0) is 83.0 Å². The number of carboxylic acid groups (broad SMARTS) is 1. The highest BCUT2D eigenvalue weighted by atomic mass is 16.4. The molecule has 0 aromatic heterocycles. The van der Waals surface area contributed by atoms with Crippen LogP contribution in [0.1, 0.15) is 104 Å². The normalized spacial score (nSPS) is 21.5. The summed E-state index contributed by atoms with van der Waals surface area (Å²) in [4.78, 5) is 166. The Hall–Kier alpha value is -8.69. The van der Waals surface area contributed by atoms with Crippen LogP contribution in [0.15, 0.2) is 33.8 Å². The largest absolute Gasteiger partial charge is 0.480 e. The minimum absolute atomic E-state index is 0.00598. The molecule has 0 spiro atoms. The van der Waals surface area contributed by atoms with Gasteiger partial charge in [-0.3, -0.25) is 57.9 Å². The van der Waals surface area contributed by atoms with Gasteiger partial charge in [0.05, 0.1) is 26.5 Å². The third-order valence-electron chi connectivity index (χ3n) is 16.1. The van der Waals surface area contributed by atoms with Crippen LogP contribution < -0.4 is 81.8 Å². The number of carboxylic acids is 1. The molecule has 88 heavy (non-hydrogen) atoms. The van der Waals surface area contributed by atoms with Gasteiger partial charge in [-0.1, -0.05) is 13.8 Å². The Morgan fingerprint density at radius 1 is 0.580 bits per heavy atom. The van der Waals surface area contributed by atoms with Crippen molar-refractivity contribution in [1.29, 1.82) is 0 Å². The van der Waals surface area contributed by atoms with Crippen LogP contribution in [-0.2, 0) is 52.7 Å². The Morgan fingerprint density at radius 3 is 1.45 bits per heavy atom. The lowest BCUT2D eigenvalue weighted by Crippen LogP contribution is -2.59. The summed E-state index contributed by atoms with van der Waals surface area (Å²) in [6.07, 6.45) is 6.47. The molecule has 4 saturated heterocycles. The monoisotopic (exact) mass is 1240 g/mol. The van der Waals surface area contributed by atoms with Crippen molar-refractivity contribution in [2.24, 2.45) is 44.6 Å². The van der Waals surface area contributed by atoms with Crippen molar-refractivity contribution in [3.8, 4) is 0 Å². The smallest absolute Gasteiger partial charge is 0.326 e. The minimum atomic E-state index is -1.33. The van der Waals surface area contributed by atoms with Crippen molar-refractivity contribution in [3.63, 3.8) is 0 Å². The molecular formula is C54H89N21O13. The molecule has 0 saturated carbocycles. The van der Waals surface area contributed by atoms with Gasteiger partial charge in [-0.25, -0.2) is 4.79 Å². The topological polar surface area (TPSA) is 516 Å². The molecule has 0 bridgehead atoms. The quantitative estimate of drug-likeness (QED) is 0.0174. The Labute approximate surface area is 509 Å². The predicted molar refractivity (Wildman–Crippen MR) is 317 cm³/mol. The van der Waals surface area contributed by atoms with Crippen LogP contribution in [-0.4, -0.2) is 233 Å². The molecule has 6 heterocycles. The van der Waals surface area contributed by atoms with E-state index in [1.54, 1.807) is 26.2 Å². The summed E-state index contributed by atoms with van der Waals surface area (Å²) in [6.45, 7) is 3.58. The number of hydrogen-bond donors (Lipinski definition) is 17. The second-order valence-electron chi connectivity index (χ2n) is 22.9. The van der Waals surface area contributed by atoms with Gasteiger partial charge in [0.15, 0.2) is 11.9 Å². The molecule has 10 amide bonds. The summed E-state index contributed by atoms with van der Waals surface area (Å²) < 4.78 is 0. The molecule has 6 aliphatic heterocycles. The highest BCUT2D eigenvalue weighted by Gasteiger charge is 2.48. The van der Waals surface area contributed by atoms with Crippen LogP contribution in [0.25, 0.3) is 0 Å². The number of carbonyl (C=O) groups excluding carboxylic acids is 10. The molecule has 0 radical (unpaired) electrons. The van der Waals surface area contributed by atoms with Crippen LogP contribution in [0.2, 0.25) is 0 Å². The number of rotatable bonds is 31. The van der Waals surface area contributed by atoms with Gasteiger partial charge in [-0.2, -0.15) is 0 Å². The Balaban J connectivity index is 1.09. The number of amides is 10. The standard InChI is InChI=1S/C54H89N21O13/c1-29(2)42(52(87)88)71-44(79)33(9-3-15-62-53(56)57)68-45(80)35(21-30-23-60-27-65-30)67-41(77)25-64-47(82)37-11-5-17-72(37)49(84)39-13-7-19-74(39)51(86)40-14-8-20-75(40)50(85)38-12-6-18-73(38)48(83)34(10-4-16-63-54(58)59)69-46(81)36(22-31-24-61-28-66-31)70-43(78)32(55)26-76/h23-24,29,32-40,42,60-61,65-66,76H,3-22,25-28,55H2,1-2H3,(H,64,82)(H,67,77)(H,68,80)(H,69,81)(H,70,78)(H,71,79)(H,87,88)(H4,56,57,62)(H4,58,59,63)/t32-,33-,34-,35-,36-,37-,38-,39-,40-,42-/m0/s1. The lowest BCUT2D eigenvalue weighted by atomic mass is 10.0. The van der Waals surface area contributed by atoms with Gasteiger partial charge in [0.1, 0.15) is 60.4 Å². The first-order valence-corrected chi connectivity index (χ1v) is 30.0. The van der Waals surface area contributed by atoms with Gasteiger partial charge >= 0.3 is 5.97 Å². The van der Waals surface area contributed by atoms with Gasteiger partial charge < -0.3 is 112 Å². The van der Waals surface area contributed by atoms with E-state index in [-0.39, 0.29) is 115 Å². The first-order chi connectivity index (χ1) is 42.0. The van der Waals surface area contributed by atoms with Crippen LogP contribution in [0.3, 0.4) is 0 Å². The predicted octanol–water partition coefficient (Wildman–Crippen LogP) is -7.58. The van der Waals surface area contributed by atoms with Crippen LogP contribution in [0, 0.1) is 5.92 Å². The summed E-state index contributed by atoms with van der Waals surface area (Å²) in [5.41, 5.74) is 28.9. The second kappa shape index (κ2) is 32.9. The van der Waals surface area contributed by atoms with Crippen molar-refractivity contribution >= 4 is 77.0 Å². The van der Waals surface area contributed by atoms with Gasteiger partial charge in [-0.15, -0.1) is 0 Å². The Kier molecular flexibility index (Phi) is 25.6. The number of hydrogen-bond acceptors (Lipinski definition) is 19. The lowest BCUT2D eigenvalue weighted by Gasteiger charge is -2.36. The highest BCUT2D eigenvalue weighted by molar-refractivity contribution is 5.99. The zero-order valence-corrected chi connectivity index (χ0v) is 49.9. The molecule has 488 valence electrons. The number of aliphatic hydroxyl groups is 1. The molecule has 0 aliphatic carbocycles. The highest BCUT2D eigenvalue weighted by Crippen LogP contribution is 2.31. The molecular weight excluding hydrogens is 1150 g/mol. The number of aliphatic hydroxyl groups excluding tert-OH is 1. The molecule has 0 unspecified atom stereocenters. The maximum atomic E-state index is 14.7. The fraction of sp³-hybridized carbons (Fsp3) is 0.685. The van der Waals surface area contributed by atoms with E-state index in [9.17, 15) is 63.0 Å². The van der Waals surface area contributed by atoms with Gasteiger partial charge in [0.2, 0.25) is 59.1 Å². The van der Waals surface area contributed by atoms with Gasteiger partial charge in [0.25, 0.3) is 0 Å². The van der Waals surface area contributed by atoms with E-state index >= 15 is 0 Å². The van der Waals surface area contributed by atoms with Crippen LogP contribution in [0.5, 0.6) is 0 Å². The summed E-state index contributed by atoms with van der Waals surface area (Å²) in [7, 11) is 0. The molecule has 22 N–H and O–H groups in total. The van der Waals surface area contributed by atoms with E-state index in [4.69, 9.17) is 28.7 Å². The van der Waals surface area contributed by atoms with E-state index < -0.39 is 145 Å². The maximum Gasteiger partial charge on any atom is 0.326 e. The Bertz CT molecular complexity index is 2680. The summed E-state index contributed by atoms with van der Waals surface area (Å²) in [6, 6.07) is -11.6. The molecule has 34 nitrogen and oxygen atoms in total. The van der Waals surface area contributed by atoms with Crippen molar-refractivity contribution in [3.05, 3.63) is 23.8 Å². The van der Waals surface area contributed by atoms with E-state index in [0.717, 1.165) is 0 Å². The molecule has 0 aromatic rings. The average molecular weight is 1240 g/mol. The molecule has 6 rings (SSSR count). The number of guanidine groups is 2. The second-order valence-corrected chi connectivity index (χ2v) is 22.9. The number of likely N-dealkylation sites (tertiary alicyclic amines) is 4. The van der Waals surface area contributed by atoms with Crippen molar-refractivity contribution in [1.82, 2.24) is 72.8 Å². The zero-order chi connectivity index (χ0) is 64.2. The first-order valence-electron chi connectivity index (χ1n) is 30.0. The van der Waals surface area contributed by atoms with E-state index in [1.165, 1.54) is 19.6 Å². The molecule has 34 heteroatoms. The molecule has 6 aliphatic rings. The maximum absolute atomic E-state index is 14.7. The fourth-order valence-electron chi connectivity index (χ4n) is 11.6. The van der Waals surface area contributed by atoms with Crippen molar-refractivity contribution in [2.75, 3.05) is 65.8 Å². The third kappa shape index (κ3) is 18.9. The SMILES string of the molecule is CC(C)[C@H](NC(=O)[C@H](CCCN=C(N)N)NC(=O)[C@H](CC1=CNCN1)NC(=O)CNC(=O)[C@@H]1CCCN1C(=O)[C@@H]1CCCN1C(=O)[C@@H]1CCCN1C(=O)[C@@H]1CCCN1C(=O)[C@H](CCCN=C(N)N)NC(=O)[C@H](CC1=CNCN1)NC(=O)[C@@H](N)CO)C(=O)O. The van der Waals surface area contributed by atoms with E-state index in [1.807, 2.05) is 0 Å². The number of aliphatic imine (C=N–C) groups is 2.